The van der Waals surface area contributed by atoms with Gasteiger partial charge in [0, 0.05) is 5.56 Å². The van der Waals surface area contributed by atoms with Crippen LogP contribution in [0.15, 0.2) is 24.3 Å². The van der Waals surface area contributed by atoms with E-state index in [-0.39, 0.29) is 5.75 Å². The van der Waals surface area contributed by atoms with Gasteiger partial charge in [-0.1, -0.05) is 37.5 Å². The summed E-state index contributed by atoms with van der Waals surface area (Å²) in [6.07, 6.45) is 8.24. The number of nitrogens with two attached hydrogens (primary N) is 1. The minimum Gasteiger partial charge on any atom is -0.508 e. The lowest BCUT2D eigenvalue weighted by Gasteiger charge is -2.28. The maximum absolute atomic E-state index is 10.4. The Morgan fingerprint density at radius 3 is 2.62 bits per heavy atom. The summed E-state index contributed by atoms with van der Waals surface area (Å²) in [5, 5.41) is 30.3. The van der Waals surface area contributed by atoms with Crippen molar-refractivity contribution in [3.63, 3.8) is 0 Å². The van der Waals surface area contributed by atoms with E-state index in [0.29, 0.717) is 18.5 Å². The van der Waals surface area contributed by atoms with Crippen molar-refractivity contribution < 1.29 is 15.3 Å². The summed E-state index contributed by atoms with van der Waals surface area (Å²) in [5.41, 5.74) is 6.07. The molecule has 4 heteroatoms. The lowest BCUT2D eigenvalue weighted by Crippen LogP contribution is -2.28. The third kappa shape index (κ3) is 4.30. The fourth-order valence-corrected chi connectivity index (χ4v) is 2.84. The zero-order valence-electron chi connectivity index (χ0n) is 12.3. The molecule has 1 aromatic carbocycles. The van der Waals surface area contributed by atoms with E-state index in [1.807, 2.05) is 12.2 Å². The number of rotatable bonds is 5. The van der Waals surface area contributed by atoms with Crippen LogP contribution >= 0.6 is 0 Å². The quantitative estimate of drug-likeness (QED) is 0.671. The smallest absolute Gasteiger partial charge is 0.121 e. The summed E-state index contributed by atoms with van der Waals surface area (Å²) in [7, 11) is 0. The van der Waals surface area contributed by atoms with E-state index >= 15 is 0 Å². The fraction of sp³-hybridized carbons (Fsp3) is 0.529. The van der Waals surface area contributed by atoms with Gasteiger partial charge in [-0.05, 0) is 43.5 Å². The molecule has 0 bridgehead atoms. The molecule has 1 fully saturated rings. The number of phenolic OH excluding ortho intramolecular Hbond substituents is 1. The van der Waals surface area contributed by atoms with Gasteiger partial charge in [-0.15, -0.1) is 0 Å². The molecule has 0 radical (unpaired) electrons. The minimum atomic E-state index is -0.763. The Morgan fingerprint density at radius 1 is 1.24 bits per heavy atom. The largest absolute Gasteiger partial charge is 0.508 e. The van der Waals surface area contributed by atoms with Crippen LogP contribution < -0.4 is 5.73 Å². The summed E-state index contributed by atoms with van der Waals surface area (Å²) in [6, 6.07) is 5.09. The van der Waals surface area contributed by atoms with E-state index in [0.717, 1.165) is 31.2 Å². The van der Waals surface area contributed by atoms with Crippen molar-refractivity contribution in [2.24, 2.45) is 5.73 Å². The summed E-state index contributed by atoms with van der Waals surface area (Å²) in [5.74, 6) is 0.0736. The first-order valence-corrected chi connectivity index (χ1v) is 7.67. The van der Waals surface area contributed by atoms with Crippen molar-refractivity contribution in [2.45, 2.75) is 50.2 Å². The van der Waals surface area contributed by atoms with Crippen LogP contribution in [0.25, 0.3) is 6.08 Å². The van der Waals surface area contributed by atoms with Crippen molar-refractivity contribution in [3.05, 3.63) is 35.4 Å². The highest BCUT2D eigenvalue weighted by atomic mass is 16.3. The third-order valence-corrected chi connectivity index (χ3v) is 4.16. The molecule has 2 rings (SSSR count). The van der Waals surface area contributed by atoms with E-state index in [1.165, 1.54) is 6.42 Å². The molecule has 21 heavy (non-hydrogen) atoms. The molecule has 1 aliphatic rings. The highest BCUT2D eigenvalue weighted by Gasteiger charge is 2.25. The van der Waals surface area contributed by atoms with Crippen molar-refractivity contribution >= 4 is 6.08 Å². The number of benzene rings is 1. The molecule has 5 N–H and O–H groups in total. The first-order valence-electron chi connectivity index (χ1n) is 7.67. The summed E-state index contributed by atoms with van der Waals surface area (Å²) >= 11 is 0. The number of aliphatic hydroxyl groups excluding tert-OH is 1. The molecule has 0 heterocycles. The van der Waals surface area contributed by atoms with E-state index in [1.54, 1.807) is 18.2 Å². The number of hydrogen-bond acceptors (Lipinski definition) is 4. The second-order valence-electron chi connectivity index (χ2n) is 5.91. The van der Waals surface area contributed by atoms with Crippen molar-refractivity contribution in [2.75, 3.05) is 6.54 Å². The molecule has 116 valence electrons. The number of hydrogen-bond donors (Lipinski definition) is 4. The Kier molecular flexibility index (Phi) is 5.39. The predicted molar refractivity (Wildman–Crippen MR) is 83.8 cm³/mol. The highest BCUT2D eigenvalue weighted by molar-refractivity contribution is 5.54. The normalized spacial score (nSPS) is 19.8. The van der Waals surface area contributed by atoms with Gasteiger partial charge >= 0.3 is 0 Å². The maximum atomic E-state index is 10.4. The van der Waals surface area contributed by atoms with Crippen molar-refractivity contribution in [1.29, 1.82) is 0 Å². The highest BCUT2D eigenvalue weighted by Crippen LogP contribution is 2.31. The molecule has 1 atom stereocenters. The van der Waals surface area contributed by atoms with E-state index < -0.39 is 11.7 Å². The zero-order valence-corrected chi connectivity index (χ0v) is 12.3. The maximum Gasteiger partial charge on any atom is 0.121 e. The molecule has 4 nitrogen and oxygen atoms in total. The van der Waals surface area contributed by atoms with Crippen LogP contribution in [0.1, 0.15) is 55.8 Å². The van der Waals surface area contributed by atoms with Gasteiger partial charge in [0.2, 0.25) is 0 Å². The molecular formula is C17H25NO3. The summed E-state index contributed by atoms with van der Waals surface area (Å²) in [4.78, 5) is 0. The molecule has 0 saturated heterocycles. The van der Waals surface area contributed by atoms with Crippen LogP contribution in [0.3, 0.4) is 0 Å². The molecule has 1 aliphatic carbocycles. The number of aliphatic hydroxyl groups is 2. The third-order valence-electron chi connectivity index (χ3n) is 4.16. The van der Waals surface area contributed by atoms with Gasteiger partial charge in [0.05, 0.1) is 11.7 Å². The van der Waals surface area contributed by atoms with Crippen molar-refractivity contribution in [1.82, 2.24) is 0 Å². The molecule has 1 unspecified atom stereocenters. The Balaban J connectivity index is 2.15. The monoisotopic (exact) mass is 291 g/mol. The first kappa shape index (κ1) is 16.0. The number of phenols is 1. The van der Waals surface area contributed by atoms with Crippen LogP contribution in [0.2, 0.25) is 0 Å². The Bertz CT molecular complexity index is 493. The number of aromatic hydroxyl groups is 1. The summed E-state index contributed by atoms with van der Waals surface area (Å²) in [6.45, 7) is 0.362. The molecular weight excluding hydrogens is 266 g/mol. The topological polar surface area (TPSA) is 86.7 Å². The van der Waals surface area contributed by atoms with Gasteiger partial charge in [-0.25, -0.2) is 0 Å². The van der Waals surface area contributed by atoms with Gasteiger partial charge in [0.1, 0.15) is 5.75 Å². The first-order chi connectivity index (χ1) is 10.0. The van der Waals surface area contributed by atoms with Gasteiger partial charge < -0.3 is 21.1 Å². The van der Waals surface area contributed by atoms with E-state index in [9.17, 15) is 15.3 Å². The lowest BCUT2D eigenvalue weighted by molar-refractivity contribution is 0.0521. The van der Waals surface area contributed by atoms with Crippen LogP contribution in [0.5, 0.6) is 5.75 Å². The Morgan fingerprint density at radius 2 is 1.95 bits per heavy atom. The Hall–Kier alpha value is -1.36. The van der Waals surface area contributed by atoms with E-state index in [4.69, 9.17) is 5.73 Å². The average molecular weight is 291 g/mol. The van der Waals surface area contributed by atoms with Crippen LogP contribution in [-0.2, 0) is 0 Å². The van der Waals surface area contributed by atoms with Gasteiger partial charge in [0.15, 0.2) is 0 Å². The van der Waals surface area contributed by atoms with E-state index in [2.05, 4.69) is 0 Å². The second-order valence-corrected chi connectivity index (χ2v) is 5.91. The SMILES string of the molecule is NCCC(O)c1cc(C=CC2(O)CCCCC2)ccc1O. The minimum absolute atomic E-state index is 0.0736. The van der Waals surface area contributed by atoms with Crippen LogP contribution in [0, 0.1) is 0 Å². The lowest BCUT2D eigenvalue weighted by atomic mass is 9.84. The second kappa shape index (κ2) is 7.07. The molecule has 0 spiro atoms. The van der Waals surface area contributed by atoms with Gasteiger partial charge in [-0.3, -0.25) is 0 Å². The molecule has 0 aromatic heterocycles. The average Bonchev–Trinajstić information content (AvgIpc) is 2.47. The standard InChI is InChI=1S/C17H25NO3/c18-11-7-16(20)14-12-13(4-5-15(14)19)6-10-17(21)8-2-1-3-9-17/h4-6,10,12,16,19-21H,1-3,7-9,11,18H2. The molecule has 0 amide bonds. The van der Waals surface area contributed by atoms with Crippen LogP contribution in [-0.4, -0.2) is 27.5 Å². The molecule has 0 aliphatic heterocycles. The Labute approximate surface area is 125 Å². The molecule has 1 saturated carbocycles. The summed E-state index contributed by atoms with van der Waals surface area (Å²) < 4.78 is 0. The zero-order chi connectivity index (χ0) is 15.3. The predicted octanol–water partition coefficient (Wildman–Crippen LogP) is 2.48. The van der Waals surface area contributed by atoms with Gasteiger partial charge in [-0.2, -0.15) is 0 Å². The van der Waals surface area contributed by atoms with Gasteiger partial charge in [0.25, 0.3) is 0 Å². The molecule has 1 aromatic rings. The fourth-order valence-electron chi connectivity index (χ4n) is 2.84. The van der Waals surface area contributed by atoms with Crippen LogP contribution in [0.4, 0.5) is 0 Å². The van der Waals surface area contributed by atoms with Crippen molar-refractivity contribution in [3.8, 4) is 5.75 Å².